The van der Waals surface area contributed by atoms with Gasteiger partial charge < -0.3 is 16.0 Å². The van der Waals surface area contributed by atoms with E-state index in [4.69, 9.17) is 5.73 Å². The number of aryl methyl sites for hydroxylation is 1. The number of hydrogen-bond acceptors (Lipinski definition) is 5. The number of benzene rings is 1. The van der Waals surface area contributed by atoms with Crippen LogP contribution < -0.4 is 16.0 Å². The van der Waals surface area contributed by atoms with Gasteiger partial charge in [-0.15, -0.1) is 0 Å². The lowest BCUT2D eigenvalue weighted by Gasteiger charge is -2.35. The molecule has 1 aromatic rings. The summed E-state index contributed by atoms with van der Waals surface area (Å²) < 4.78 is 26.8. The summed E-state index contributed by atoms with van der Waals surface area (Å²) >= 11 is 0. The molecule has 0 bridgehead atoms. The average molecular weight is 395 g/mol. The molecule has 1 heterocycles. The lowest BCUT2D eigenvalue weighted by atomic mass is 9.98. The van der Waals surface area contributed by atoms with Gasteiger partial charge in [-0.3, -0.25) is 4.79 Å². The minimum atomic E-state index is -3.62. The molecule has 0 radical (unpaired) electrons. The molecule has 3 rings (SSSR count). The Balaban J connectivity index is 1.56. The summed E-state index contributed by atoms with van der Waals surface area (Å²) in [4.78, 5) is 14.5. The van der Waals surface area contributed by atoms with E-state index in [1.165, 1.54) is 9.87 Å². The summed E-state index contributed by atoms with van der Waals surface area (Å²) in [7, 11) is -3.62. The van der Waals surface area contributed by atoms with Gasteiger partial charge in [-0.25, -0.2) is 8.42 Å². The maximum Gasteiger partial charge on any atom is 0.237 e. The first-order chi connectivity index (χ1) is 12.8. The number of nitrogens with zero attached hydrogens (tertiary/aromatic N) is 2. The van der Waals surface area contributed by atoms with Crippen LogP contribution in [0.4, 0.5) is 5.69 Å². The lowest BCUT2D eigenvalue weighted by molar-refractivity contribution is -0.120. The molecule has 150 valence electrons. The van der Waals surface area contributed by atoms with Gasteiger partial charge in [0.2, 0.25) is 15.9 Å². The molecular formula is C19H30N4O3S. The van der Waals surface area contributed by atoms with E-state index in [0.29, 0.717) is 32.7 Å². The van der Waals surface area contributed by atoms with Crippen LogP contribution in [-0.4, -0.2) is 62.6 Å². The molecule has 2 fully saturated rings. The van der Waals surface area contributed by atoms with Gasteiger partial charge in [0, 0.05) is 38.4 Å². The van der Waals surface area contributed by atoms with Crippen LogP contribution in [0.15, 0.2) is 24.3 Å². The number of carbonyl (C=O) groups is 1. The van der Waals surface area contributed by atoms with Crippen molar-refractivity contribution in [1.82, 2.24) is 9.62 Å². The second-order valence-electron chi connectivity index (χ2n) is 7.72. The minimum Gasteiger partial charge on any atom is -0.369 e. The van der Waals surface area contributed by atoms with Crippen molar-refractivity contribution in [3.8, 4) is 0 Å². The molecule has 8 heteroatoms. The van der Waals surface area contributed by atoms with E-state index in [-0.39, 0.29) is 0 Å². The molecule has 1 amide bonds. The normalized spacial score (nSPS) is 20.6. The minimum absolute atomic E-state index is 0.355. The van der Waals surface area contributed by atoms with Crippen molar-refractivity contribution in [1.29, 1.82) is 0 Å². The van der Waals surface area contributed by atoms with Crippen LogP contribution in [0, 0.1) is 6.92 Å². The van der Waals surface area contributed by atoms with Gasteiger partial charge in [0.05, 0.1) is 5.54 Å². The molecule has 0 spiro atoms. The molecule has 7 nitrogen and oxygen atoms in total. The Labute approximate surface area is 161 Å². The molecule has 1 aliphatic carbocycles. The number of sulfonamides is 1. The van der Waals surface area contributed by atoms with Gasteiger partial charge in [-0.2, -0.15) is 4.31 Å². The van der Waals surface area contributed by atoms with E-state index in [1.807, 2.05) is 25.1 Å². The largest absolute Gasteiger partial charge is 0.369 e. The van der Waals surface area contributed by atoms with E-state index in [0.717, 1.165) is 31.4 Å². The zero-order valence-electron chi connectivity index (χ0n) is 16.0. The van der Waals surface area contributed by atoms with Crippen LogP contribution in [0.5, 0.6) is 0 Å². The molecule has 0 unspecified atom stereocenters. The number of hydrogen-bond donors (Lipinski definition) is 2. The number of nitrogens with one attached hydrogen (secondary N) is 1. The van der Waals surface area contributed by atoms with Crippen molar-refractivity contribution in [2.45, 2.75) is 38.1 Å². The first-order valence-corrected chi connectivity index (χ1v) is 11.3. The van der Waals surface area contributed by atoms with E-state index >= 15 is 0 Å². The highest BCUT2D eigenvalue weighted by Gasteiger charge is 2.36. The van der Waals surface area contributed by atoms with Crippen LogP contribution in [-0.2, 0) is 14.8 Å². The van der Waals surface area contributed by atoms with E-state index in [9.17, 15) is 13.2 Å². The molecule has 3 N–H and O–H groups in total. The summed E-state index contributed by atoms with van der Waals surface area (Å²) in [6.07, 6.45) is 3.69. The van der Waals surface area contributed by atoms with E-state index < -0.39 is 27.2 Å². The molecule has 1 saturated carbocycles. The number of carbonyl (C=O) groups excluding carboxylic acids is 1. The number of nitrogens with two attached hydrogens (primary N) is 1. The summed E-state index contributed by atoms with van der Waals surface area (Å²) in [5.74, 6) is -0.942. The molecule has 1 aromatic carbocycles. The van der Waals surface area contributed by atoms with E-state index in [1.54, 1.807) is 0 Å². The Bertz CT molecular complexity index is 767. The Hall–Kier alpha value is -1.64. The van der Waals surface area contributed by atoms with Crippen molar-refractivity contribution in [2.75, 3.05) is 43.4 Å². The fraction of sp³-hybridized carbons (Fsp3) is 0.632. The third-order valence-electron chi connectivity index (χ3n) is 5.67. The first-order valence-electron chi connectivity index (χ1n) is 9.64. The predicted molar refractivity (Wildman–Crippen MR) is 107 cm³/mol. The van der Waals surface area contributed by atoms with E-state index in [2.05, 4.69) is 16.3 Å². The number of anilines is 1. The SMILES string of the molecule is Cc1cccc(N2CCN(S(=O)(=O)CC(=O)NC3(CN)CCCC3)CC2)c1. The first kappa shape index (κ1) is 20.1. The zero-order chi connectivity index (χ0) is 19.5. The molecule has 2 aliphatic rings. The van der Waals surface area contributed by atoms with Crippen LogP contribution in [0.3, 0.4) is 0 Å². The monoisotopic (exact) mass is 394 g/mol. The van der Waals surface area contributed by atoms with Crippen LogP contribution in [0.2, 0.25) is 0 Å². The topological polar surface area (TPSA) is 95.7 Å². The second kappa shape index (κ2) is 8.16. The highest BCUT2D eigenvalue weighted by atomic mass is 32.2. The van der Waals surface area contributed by atoms with Gasteiger partial charge >= 0.3 is 0 Å². The van der Waals surface area contributed by atoms with Crippen LogP contribution in [0.25, 0.3) is 0 Å². The summed E-state index contributed by atoms with van der Waals surface area (Å²) in [5.41, 5.74) is 7.69. The fourth-order valence-corrected chi connectivity index (χ4v) is 5.38. The van der Waals surface area contributed by atoms with Crippen molar-refractivity contribution in [2.24, 2.45) is 5.73 Å². The number of piperazine rings is 1. The highest BCUT2D eigenvalue weighted by molar-refractivity contribution is 7.89. The van der Waals surface area contributed by atoms with Crippen molar-refractivity contribution >= 4 is 21.6 Å². The van der Waals surface area contributed by atoms with Crippen LogP contribution in [0.1, 0.15) is 31.2 Å². The fourth-order valence-electron chi connectivity index (χ4n) is 4.07. The number of amides is 1. The predicted octanol–water partition coefficient (Wildman–Crippen LogP) is 0.835. The average Bonchev–Trinajstić information content (AvgIpc) is 3.10. The van der Waals surface area contributed by atoms with Gasteiger partial charge in [-0.1, -0.05) is 25.0 Å². The Morgan fingerprint density at radius 3 is 2.44 bits per heavy atom. The molecule has 0 atom stereocenters. The van der Waals surface area contributed by atoms with Gasteiger partial charge in [-0.05, 0) is 37.5 Å². The van der Waals surface area contributed by atoms with Crippen LogP contribution >= 0.6 is 0 Å². The third-order valence-corrected chi connectivity index (χ3v) is 7.45. The number of rotatable bonds is 6. The highest BCUT2D eigenvalue weighted by Crippen LogP contribution is 2.28. The smallest absolute Gasteiger partial charge is 0.237 e. The van der Waals surface area contributed by atoms with Crippen molar-refractivity contribution in [3.05, 3.63) is 29.8 Å². The molecule has 0 aromatic heterocycles. The van der Waals surface area contributed by atoms with Crippen molar-refractivity contribution in [3.63, 3.8) is 0 Å². The van der Waals surface area contributed by atoms with Gasteiger partial charge in [0.25, 0.3) is 0 Å². The Kier molecular flexibility index (Phi) is 6.08. The van der Waals surface area contributed by atoms with Crippen molar-refractivity contribution < 1.29 is 13.2 Å². The quantitative estimate of drug-likeness (QED) is 0.745. The zero-order valence-corrected chi connectivity index (χ0v) is 16.8. The summed E-state index contributed by atoms with van der Waals surface area (Å²) in [6, 6.07) is 8.19. The maximum absolute atomic E-state index is 12.7. The molecular weight excluding hydrogens is 364 g/mol. The summed E-state index contributed by atoms with van der Waals surface area (Å²) in [6.45, 7) is 4.43. The van der Waals surface area contributed by atoms with Gasteiger partial charge in [0.1, 0.15) is 5.75 Å². The molecule has 1 aliphatic heterocycles. The summed E-state index contributed by atoms with van der Waals surface area (Å²) in [5, 5.41) is 2.90. The standard InChI is InChI=1S/C19H30N4O3S/c1-16-5-4-6-17(13-16)22-9-11-23(12-10-22)27(25,26)14-18(24)21-19(15-20)7-2-3-8-19/h4-6,13H,2-3,7-12,14-15,20H2,1H3,(H,21,24). The second-order valence-corrected chi connectivity index (χ2v) is 9.69. The third kappa shape index (κ3) is 4.80. The Morgan fingerprint density at radius 2 is 1.85 bits per heavy atom. The lowest BCUT2D eigenvalue weighted by Crippen LogP contribution is -2.55. The Morgan fingerprint density at radius 1 is 1.19 bits per heavy atom. The maximum atomic E-state index is 12.7. The van der Waals surface area contributed by atoms with Gasteiger partial charge in [0.15, 0.2) is 0 Å². The molecule has 1 saturated heterocycles. The molecule has 27 heavy (non-hydrogen) atoms.